The number of carbonyl (C=O) groups excluding carboxylic acids is 1. The van der Waals surface area contributed by atoms with Crippen molar-refractivity contribution in [3.8, 4) is 0 Å². The van der Waals surface area contributed by atoms with E-state index in [4.69, 9.17) is 9.47 Å². The van der Waals surface area contributed by atoms with E-state index in [1.54, 1.807) is 7.11 Å². The molecule has 86 valence electrons. The van der Waals surface area contributed by atoms with Crippen LogP contribution in [0.4, 0.5) is 0 Å². The molecule has 0 N–H and O–H groups in total. The molecule has 1 saturated carbocycles. The number of rotatable bonds is 4. The van der Waals surface area contributed by atoms with E-state index in [9.17, 15) is 4.79 Å². The minimum atomic E-state index is -0.150. The monoisotopic (exact) mass is 220 g/mol. The standard InChI is InChI=1S/C13H16O3/c1-3-16-13(14)11-10(12(11)15-2)9-7-5-4-6-8-9/h4-8,10-12H,3H2,1-2H3. The van der Waals surface area contributed by atoms with Gasteiger partial charge in [0.1, 0.15) is 0 Å². The molecule has 1 aliphatic rings. The van der Waals surface area contributed by atoms with Crippen molar-refractivity contribution in [2.75, 3.05) is 13.7 Å². The average Bonchev–Trinajstić information content (AvgIpc) is 3.05. The van der Waals surface area contributed by atoms with Crippen LogP contribution in [0.1, 0.15) is 18.4 Å². The second kappa shape index (κ2) is 4.66. The summed E-state index contributed by atoms with van der Waals surface area (Å²) in [6, 6.07) is 9.96. The highest BCUT2D eigenvalue weighted by Gasteiger charge is 2.57. The number of hydrogen-bond acceptors (Lipinski definition) is 3. The van der Waals surface area contributed by atoms with Crippen LogP contribution < -0.4 is 0 Å². The predicted molar refractivity (Wildman–Crippen MR) is 60.1 cm³/mol. The fourth-order valence-electron chi connectivity index (χ4n) is 2.17. The molecule has 3 heteroatoms. The molecule has 0 bridgehead atoms. The second-order valence-electron chi connectivity index (χ2n) is 3.91. The van der Waals surface area contributed by atoms with Crippen LogP contribution in [0.15, 0.2) is 30.3 Å². The maximum atomic E-state index is 11.7. The number of hydrogen-bond donors (Lipinski definition) is 0. The van der Waals surface area contributed by atoms with Crippen LogP contribution in [0.2, 0.25) is 0 Å². The Kier molecular flexibility index (Phi) is 3.25. The topological polar surface area (TPSA) is 35.5 Å². The van der Waals surface area contributed by atoms with Gasteiger partial charge in [0.25, 0.3) is 0 Å². The number of benzene rings is 1. The zero-order chi connectivity index (χ0) is 11.5. The number of esters is 1. The lowest BCUT2D eigenvalue weighted by Crippen LogP contribution is -2.09. The molecule has 2 rings (SSSR count). The molecule has 0 heterocycles. The molecule has 0 spiro atoms. The number of carbonyl (C=O) groups is 1. The van der Waals surface area contributed by atoms with E-state index in [1.807, 2.05) is 37.3 Å². The highest BCUT2D eigenvalue weighted by molar-refractivity contribution is 5.79. The van der Waals surface area contributed by atoms with Crippen LogP contribution in [0.3, 0.4) is 0 Å². The van der Waals surface area contributed by atoms with Gasteiger partial charge in [-0.1, -0.05) is 30.3 Å². The lowest BCUT2D eigenvalue weighted by Gasteiger charge is -1.99. The van der Waals surface area contributed by atoms with Crippen LogP contribution in [-0.2, 0) is 14.3 Å². The quantitative estimate of drug-likeness (QED) is 0.728. The Hall–Kier alpha value is -1.35. The summed E-state index contributed by atoms with van der Waals surface area (Å²) in [5, 5.41) is 0. The number of ether oxygens (including phenoxy) is 2. The minimum Gasteiger partial charge on any atom is -0.466 e. The van der Waals surface area contributed by atoms with Crippen LogP contribution in [-0.4, -0.2) is 25.8 Å². The van der Waals surface area contributed by atoms with Crippen LogP contribution in [0, 0.1) is 5.92 Å². The van der Waals surface area contributed by atoms with Crippen LogP contribution in [0.25, 0.3) is 0 Å². The van der Waals surface area contributed by atoms with E-state index < -0.39 is 0 Å². The second-order valence-corrected chi connectivity index (χ2v) is 3.91. The fourth-order valence-corrected chi connectivity index (χ4v) is 2.17. The van der Waals surface area contributed by atoms with Gasteiger partial charge in [-0.3, -0.25) is 4.79 Å². The van der Waals surface area contributed by atoms with E-state index in [0.717, 1.165) is 5.56 Å². The molecule has 0 saturated heterocycles. The molecule has 3 unspecified atom stereocenters. The summed E-state index contributed by atoms with van der Waals surface area (Å²) < 4.78 is 10.3. The Morgan fingerprint density at radius 2 is 2.00 bits per heavy atom. The molecule has 1 aromatic rings. The summed E-state index contributed by atoms with van der Waals surface area (Å²) in [6.45, 7) is 2.24. The Morgan fingerprint density at radius 1 is 1.31 bits per heavy atom. The molecule has 1 aromatic carbocycles. The Morgan fingerprint density at radius 3 is 2.56 bits per heavy atom. The van der Waals surface area contributed by atoms with Gasteiger partial charge in [0.05, 0.1) is 18.6 Å². The largest absolute Gasteiger partial charge is 0.466 e. The molecular weight excluding hydrogens is 204 g/mol. The first-order valence-electron chi connectivity index (χ1n) is 5.54. The molecule has 0 amide bonds. The van der Waals surface area contributed by atoms with E-state index in [-0.39, 0.29) is 23.9 Å². The lowest BCUT2D eigenvalue weighted by molar-refractivity contribution is -0.145. The van der Waals surface area contributed by atoms with Crippen LogP contribution in [0.5, 0.6) is 0 Å². The molecule has 1 fully saturated rings. The van der Waals surface area contributed by atoms with Crippen molar-refractivity contribution < 1.29 is 14.3 Å². The van der Waals surface area contributed by atoms with Gasteiger partial charge in [-0.05, 0) is 12.5 Å². The van der Waals surface area contributed by atoms with Gasteiger partial charge < -0.3 is 9.47 Å². The zero-order valence-electron chi connectivity index (χ0n) is 9.55. The molecular formula is C13H16O3. The third kappa shape index (κ3) is 1.95. The highest BCUT2D eigenvalue weighted by atomic mass is 16.5. The first-order chi connectivity index (χ1) is 7.79. The van der Waals surface area contributed by atoms with Crippen LogP contribution >= 0.6 is 0 Å². The third-order valence-electron chi connectivity index (χ3n) is 2.97. The summed E-state index contributed by atoms with van der Waals surface area (Å²) in [6.07, 6.45) is -0.0264. The highest BCUT2D eigenvalue weighted by Crippen LogP contribution is 2.50. The van der Waals surface area contributed by atoms with Crippen molar-refractivity contribution in [2.45, 2.75) is 18.9 Å². The van der Waals surface area contributed by atoms with Crippen molar-refractivity contribution in [1.29, 1.82) is 0 Å². The van der Waals surface area contributed by atoms with Crippen molar-refractivity contribution in [3.63, 3.8) is 0 Å². The fraction of sp³-hybridized carbons (Fsp3) is 0.462. The molecule has 0 aromatic heterocycles. The van der Waals surface area contributed by atoms with E-state index in [1.165, 1.54) is 0 Å². The molecule has 3 nitrogen and oxygen atoms in total. The van der Waals surface area contributed by atoms with Crippen molar-refractivity contribution in [2.24, 2.45) is 5.92 Å². The normalized spacial score (nSPS) is 27.5. The summed E-state index contributed by atoms with van der Waals surface area (Å²) in [4.78, 5) is 11.7. The summed E-state index contributed by atoms with van der Waals surface area (Å²) >= 11 is 0. The predicted octanol–water partition coefficient (Wildman–Crippen LogP) is 1.98. The van der Waals surface area contributed by atoms with Gasteiger partial charge in [0.15, 0.2) is 0 Å². The Labute approximate surface area is 95.4 Å². The summed E-state index contributed by atoms with van der Waals surface area (Å²) in [7, 11) is 1.64. The Balaban J connectivity index is 2.09. The average molecular weight is 220 g/mol. The minimum absolute atomic E-state index is 0.0264. The SMILES string of the molecule is CCOC(=O)C1C(OC)C1c1ccccc1. The van der Waals surface area contributed by atoms with Gasteiger partial charge >= 0.3 is 5.97 Å². The smallest absolute Gasteiger partial charge is 0.312 e. The van der Waals surface area contributed by atoms with Crippen molar-refractivity contribution >= 4 is 5.97 Å². The van der Waals surface area contributed by atoms with E-state index in [0.29, 0.717) is 6.61 Å². The molecule has 0 aliphatic heterocycles. The molecule has 1 aliphatic carbocycles. The zero-order valence-corrected chi connectivity index (χ0v) is 9.55. The first kappa shape index (κ1) is 11.1. The maximum absolute atomic E-state index is 11.7. The van der Waals surface area contributed by atoms with Gasteiger partial charge in [0.2, 0.25) is 0 Å². The van der Waals surface area contributed by atoms with Gasteiger partial charge in [-0.2, -0.15) is 0 Å². The van der Waals surface area contributed by atoms with Crippen molar-refractivity contribution in [3.05, 3.63) is 35.9 Å². The Bertz CT molecular complexity index is 361. The lowest BCUT2D eigenvalue weighted by atomic mass is 10.1. The van der Waals surface area contributed by atoms with Gasteiger partial charge in [-0.25, -0.2) is 0 Å². The summed E-state index contributed by atoms with van der Waals surface area (Å²) in [5.74, 6) is -0.124. The first-order valence-corrected chi connectivity index (χ1v) is 5.54. The third-order valence-corrected chi connectivity index (χ3v) is 2.97. The molecule has 3 atom stereocenters. The van der Waals surface area contributed by atoms with Gasteiger partial charge in [-0.15, -0.1) is 0 Å². The maximum Gasteiger partial charge on any atom is 0.312 e. The van der Waals surface area contributed by atoms with E-state index >= 15 is 0 Å². The van der Waals surface area contributed by atoms with Crippen molar-refractivity contribution in [1.82, 2.24) is 0 Å². The number of methoxy groups -OCH3 is 1. The van der Waals surface area contributed by atoms with Gasteiger partial charge in [0, 0.05) is 13.0 Å². The van der Waals surface area contributed by atoms with E-state index in [2.05, 4.69) is 0 Å². The molecule has 16 heavy (non-hydrogen) atoms. The molecule has 0 radical (unpaired) electrons. The summed E-state index contributed by atoms with van der Waals surface area (Å²) in [5.41, 5.74) is 1.15.